The first-order chi connectivity index (χ1) is 14.0. The minimum absolute atomic E-state index is 0.0954. The highest BCUT2D eigenvalue weighted by Crippen LogP contribution is 2.17. The molecule has 1 unspecified atom stereocenters. The maximum absolute atomic E-state index is 12.9. The number of urea groups is 1. The first-order valence-corrected chi connectivity index (χ1v) is 10.3. The van der Waals surface area contributed by atoms with Gasteiger partial charge < -0.3 is 15.5 Å². The van der Waals surface area contributed by atoms with Crippen molar-refractivity contribution in [2.24, 2.45) is 0 Å². The molecule has 0 radical (unpaired) electrons. The van der Waals surface area contributed by atoms with Crippen molar-refractivity contribution in [1.82, 2.24) is 15.5 Å². The zero-order valence-electron chi connectivity index (χ0n) is 17.3. The number of halogens is 1. The molecular weight excluding hydrogens is 367 g/mol. The van der Waals surface area contributed by atoms with Crippen LogP contribution in [0.4, 0.5) is 14.9 Å². The number of nitrogens with one attached hydrogen (secondary N) is 2. The van der Waals surface area contributed by atoms with Gasteiger partial charge in [0, 0.05) is 51.0 Å². The molecule has 156 valence electrons. The third-order valence-electron chi connectivity index (χ3n) is 5.36. The number of aryl methyl sites for hydroxylation is 1. The molecule has 0 spiro atoms. The molecule has 6 heteroatoms. The average Bonchev–Trinajstić information content (AvgIpc) is 2.72. The Morgan fingerprint density at radius 1 is 1.10 bits per heavy atom. The van der Waals surface area contributed by atoms with E-state index in [1.807, 2.05) is 6.92 Å². The number of carbonyl (C=O) groups is 1. The number of hydrogen-bond acceptors (Lipinski definition) is 3. The minimum atomic E-state index is -0.272. The van der Waals surface area contributed by atoms with Gasteiger partial charge in [-0.05, 0) is 55.7 Å². The van der Waals surface area contributed by atoms with Crippen LogP contribution in [0.15, 0.2) is 48.5 Å². The Morgan fingerprint density at radius 2 is 1.83 bits per heavy atom. The van der Waals surface area contributed by atoms with Crippen LogP contribution in [0, 0.1) is 12.7 Å². The summed E-state index contributed by atoms with van der Waals surface area (Å²) in [7, 11) is 0. The lowest BCUT2D eigenvalue weighted by molar-refractivity contribution is 0.227. The van der Waals surface area contributed by atoms with Gasteiger partial charge in [0.25, 0.3) is 0 Å². The molecule has 1 aliphatic heterocycles. The molecule has 1 fully saturated rings. The van der Waals surface area contributed by atoms with E-state index < -0.39 is 0 Å². The van der Waals surface area contributed by atoms with E-state index in [1.165, 1.54) is 23.4 Å². The fourth-order valence-electron chi connectivity index (χ4n) is 3.56. The summed E-state index contributed by atoms with van der Waals surface area (Å²) in [5.74, 6) is -0.272. The van der Waals surface area contributed by atoms with Crippen molar-refractivity contribution >= 4 is 11.7 Å². The van der Waals surface area contributed by atoms with Crippen molar-refractivity contribution < 1.29 is 9.18 Å². The molecule has 1 atom stereocenters. The van der Waals surface area contributed by atoms with Gasteiger partial charge in [-0.15, -0.1) is 0 Å². The van der Waals surface area contributed by atoms with Gasteiger partial charge in [0.15, 0.2) is 0 Å². The second kappa shape index (κ2) is 10.3. The smallest absolute Gasteiger partial charge is 0.315 e. The Morgan fingerprint density at radius 3 is 2.52 bits per heavy atom. The van der Waals surface area contributed by atoms with Gasteiger partial charge in [0.2, 0.25) is 0 Å². The summed E-state index contributed by atoms with van der Waals surface area (Å²) in [4.78, 5) is 17.0. The highest BCUT2D eigenvalue weighted by atomic mass is 19.1. The number of nitrogens with zero attached hydrogens (tertiary/aromatic N) is 2. The van der Waals surface area contributed by atoms with E-state index in [0.717, 1.165) is 44.7 Å². The lowest BCUT2D eigenvalue weighted by atomic mass is 10.1. The van der Waals surface area contributed by atoms with E-state index in [2.05, 4.69) is 51.6 Å². The summed E-state index contributed by atoms with van der Waals surface area (Å²) in [6.45, 7) is 9.66. The fourth-order valence-corrected chi connectivity index (χ4v) is 3.56. The van der Waals surface area contributed by atoms with Crippen molar-refractivity contribution in [2.75, 3.05) is 37.6 Å². The molecular formula is C23H31FN4O. The Labute approximate surface area is 172 Å². The maximum atomic E-state index is 12.9. The Kier molecular flexibility index (Phi) is 7.47. The van der Waals surface area contributed by atoms with Crippen LogP contribution >= 0.6 is 0 Å². The molecule has 3 rings (SSSR count). The number of rotatable bonds is 7. The predicted octanol–water partition coefficient (Wildman–Crippen LogP) is 3.53. The molecule has 2 amide bonds. The molecule has 0 aromatic heterocycles. The van der Waals surface area contributed by atoms with Gasteiger partial charge in [-0.1, -0.05) is 24.3 Å². The highest BCUT2D eigenvalue weighted by Gasteiger charge is 2.18. The van der Waals surface area contributed by atoms with E-state index in [4.69, 9.17) is 0 Å². The van der Waals surface area contributed by atoms with Crippen LogP contribution in [-0.2, 0) is 6.54 Å². The third kappa shape index (κ3) is 6.75. The van der Waals surface area contributed by atoms with Crippen molar-refractivity contribution in [1.29, 1.82) is 0 Å². The van der Waals surface area contributed by atoms with Crippen LogP contribution in [-0.4, -0.2) is 49.7 Å². The molecule has 1 heterocycles. The number of anilines is 1. The number of hydrogen-bond donors (Lipinski definition) is 2. The summed E-state index contributed by atoms with van der Waals surface area (Å²) < 4.78 is 12.9. The fraction of sp³-hybridized carbons (Fsp3) is 0.435. The molecule has 5 nitrogen and oxygen atoms in total. The second-order valence-electron chi connectivity index (χ2n) is 7.81. The summed E-state index contributed by atoms with van der Waals surface area (Å²) in [5.41, 5.74) is 3.47. The quantitative estimate of drug-likeness (QED) is 0.750. The zero-order chi connectivity index (χ0) is 20.6. The van der Waals surface area contributed by atoms with Gasteiger partial charge >= 0.3 is 6.03 Å². The molecule has 2 aromatic carbocycles. The largest absolute Gasteiger partial charge is 0.369 e. The lowest BCUT2D eigenvalue weighted by Crippen LogP contribution is -2.48. The monoisotopic (exact) mass is 398 g/mol. The number of piperazine rings is 1. The van der Waals surface area contributed by atoms with Crippen LogP contribution < -0.4 is 15.5 Å². The van der Waals surface area contributed by atoms with Crippen LogP contribution in [0.5, 0.6) is 0 Å². The topological polar surface area (TPSA) is 47.6 Å². The van der Waals surface area contributed by atoms with Crippen LogP contribution in [0.3, 0.4) is 0 Å². The van der Waals surface area contributed by atoms with Crippen molar-refractivity contribution in [3.05, 3.63) is 65.5 Å². The van der Waals surface area contributed by atoms with Crippen LogP contribution in [0.2, 0.25) is 0 Å². The Bertz CT molecular complexity index is 788. The molecule has 29 heavy (non-hydrogen) atoms. The summed E-state index contributed by atoms with van der Waals surface area (Å²) in [6.07, 6.45) is 0.911. The maximum Gasteiger partial charge on any atom is 0.315 e. The minimum Gasteiger partial charge on any atom is -0.369 e. The van der Waals surface area contributed by atoms with Gasteiger partial charge in [0.05, 0.1) is 0 Å². The molecule has 2 N–H and O–H groups in total. The number of benzene rings is 2. The van der Waals surface area contributed by atoms with Crippen molar-refractivity contribution in [3.63, 3.8) is 0 Å². The first kappa shape index (κ1) is 21.1. The van der Waals surface area contributed by atoms with Crippen molar-refractivity contribution in [3.8, 4) is 0 Å². The predicted molar refractivity (Wildman–Crippen MR) is 116 cm³/mol. The molecule has 1 saturated heterocycles. The Balaban J connectivity index is 1.33. The number of amides is 2. The average molecular weight is 399 g/mol. The van der Waals surface area contributed by atoms with Gasteiger partial charge in [-0.25, -0.2) is 9.18 Å². The lowest BCUT2D eigenvalue weighted by Gasteiger charge is -2.36. The number of carbonyl (C=O) groups excluding carboxylic acids is 1. The highest BCUT2D eigenvalue weighted by molar-refractivity contribution is 5.74. The second-order valence-corrected chi connectivity index (χ2v) is 7.81. The third-order valence-corrected chi connectivity index (χ3v) is 5.36. The van der Waals surface area contributed by atoms with Crippen molar-refractivity contribution in [2.45, 2.75) is 32.9 Å². The first-order valence-electron chi connectivity index (χ1n) is 10.3. The SMILES string of the molecule is Cc1cccc(N2CCN(CCC(C)NC(=O)NCc3ccc(F)cc3)CC2)c1. The van der Waals surface area contributed by atoms with E-state index in [9.17, 15) is 9.18 Å². The van der Waals surface area contributed by atoms with Crippen LogP contribution in [0.25, 0.3) is 0 Å². The zero-order valence-corrected chi connectivity index (χ0v) is 17.3. The molecule has 0 bridgehead atoms. The van der Waals surface area contributed by atoms with Gasteiger partial charge in [0.1, 0.15) is 5.82 Å². The normalized spacial score (nSPS) is 15.8. The van der Waals surface area contributed by atoms with Crippen LogP contribution in [0.1, 0.15) is 24.5 Å². The molecule has 0 saturated carbocycles. The summed E-state index contributed by atoms with van der Waals surface area (Å²) >= 11 is 0. The standard InChI is InChI=1S/C23H31FN4O/c1-18-4-3-5-22(16-18)28-14-12-27(13-15-28)11-10-19(2)26-23(29)25-17-20-6-8-21(24)9-7-20/h3-9,16,19H,10-15,17H2,1-2H3,(H2,25,26,29). The van der Waals surface area contributed by atoms with E-state index in [1.54, 1.807) is 12.1 Å². The molecule has 0 aliphatic carbocycles. The Hall–Kier alpha value is -2.60. The van der Waals surface area contributed by atoms with E-state index in [0.29, 0.717) is 6.54 Å². The summed E-state index contributed by atoms with van der Waals surface area (Å²) in [5, 5.41) is 5.80. The van der Waals surface area contributed by atoms with E-state index >= 15 is 0 Å². The molecule has 1 aliphatic rings. The molecule has 2 aromatic rings. The van der Waals surface area contributed by atoms with Gasteiger partial charge in [-0.3, -0.25) is 4.90 Å². The summed E-state index contributed by atoms with van der Waals surface area (Å²) in [6, 6.07) is 14.7. The van der Waals surface area contributed by atoms with E-state index in [-0.39, 0.29) is 17.9 Å². The van der Waals surface area contributed by atoms with Gasteiger partial charge in [-0.2, -0.15) is 0 Å².